The van der Waals surface area contributed by atoms with E-state index in [2.05, 4.69) is 55.0 Å². The summed E-state index contributed by atoms with van der Waals surface area (Å²) >= 11 is 0. The lowest BCUT2D eigenvalue weighted by Crippen LogP contribution is -2.63. The molecule has 1 aromatic carbocycles. The molecule has 0 aromatic heterocycles. The lowest BCUT2D eigenvalue weighted by molar-refractivity contribution is -0.0201. The third-order valence-electron chi connectivity index (χ3n) is 5.86. The van der Waals surface area contributed by atoms with E-state index in [4.69, 9.17) is 5.73 Å². The number of benzene rings is 1. The van der Waals surface area contributed by atoms with Crippen molar-refractivity contribution in [2.75, 3.05) is 26.7 Å². The van der Waals surface area contributed by atoms with Gasteiger partial charge in [0.1, 0.15) is 0 Å². The van der Waals surface area contributed by atoms with E-state index in [9.17, 15) is 0 Å². The molecular weight excluding hydrogens is 258 g/mol. The van der Waals surface area contributed by atoms with Crippen LogP contribution in [0.5, 0.6) is 0 Å². The standard InChI is InChI=1S/C18H29N3/c1-14-11-21(12-15(2)20(14)3)18(13-19)10-6-8-16-7-4-5-9-17(16)18/h4-5,7,9,14-15H,6,8,10-13,19H2,1-3H3. The smallest absolute Gasteiger partial charge is 0.0587 e. The summed E-state index contributed by atoms with van der Waals surface area (Å²) < 4.78 is 0. The molecule has 0 spiro atoms. The molecule has 1 fully saturated rings. The Bertz CT molecular complexity index is 489. The number of nitrogens with zero attached hydrogens (tertiary/aromatic N) is 2. The van der Waals surface area contributed by atoms with Gasteiger partial charge in [0.25, 0.3) is 0 Å². The van der Waals surface area contributed by atoms with E-state index in [0.29, 0.717) is 12.1 Å². The maximum absolute atomic E-state index is 6.35. The molecule has 21 heavy (non-hydrogen) atoms. The molecule has 0 saturated carbocycles. The first kappa shape index (κ1) is 15.0. The second-order valence-electron chi connectivity index (χ2n) is 7.01. The Balaban J connectivity index is 1.98. The van der Waals surface area contributed by atoms with Crippen molar-refractivity contribution in [2.24, 2.45) is 5.73 Å². The molecule has 3 rings (SSSR count). The lowest BCUT2D eigenvalue weighted by atomic mass is 9.74. The highest BCUT2D eigenvalue weighted by atomic mass is 15.3. The maximum Gasteiger partial charge on any atom is 0.0587 e. The van der Waals surface area contributed by atoms with Crippen LogP contribution in [-0.4, -0.2) is 48.6 Å². The minimum absolute atomic E-state index is 0.0542. The summed E-state index contributed by atoms with van der Waals surface area (Å²) in [4.78, 5) is 5.18. The molecule has 1 aromatic rings. The topological polar surface area (TPSA) is 32.5 Å². The van der Waals surface area contributed by atoms with Crippen molar-refractivity contribution < 1.29 is 0 Å². The average Bonchev–Trinajstić information content (AvgIpc) is 2.51. The van der Waals surface area contributed by atoms with Gasteiger partial charge in [-0.05, 0) is 51.3 Å². The highest BCUT2D eigenvalue weighted by Gasteiger charge is 2.43. The average molecular weight is 287 g/mol. The van der Waals surface area contributed by atoms with Gasteiger partial charge in [-0.1, -0.05) is 24.3 Å². The van der Waals surface area contributed by atoms with Crippen molar-refractivity contribution in [2.45, 2.75) is 50.7 Å². The van der Waals surface area contributed by atoms with Gasteiger partial charge in [0.05, 0.1) is 5.54 Å². The van der Waals surface area contributed by atoms with E-state index >= 15 is 0 Å². The fourth-order valence-electron chi connectivity index (χ4n) is 4.32. The minimum Gasteiger partial charge on any atom is -0.328 e. The van der Waals surface area contributed by atoms with Gasteiger partial charge in [0, 0.05) is 31.7 Å². The Morgan fingerprint density at radius 3 is 2.52 bits per heavy atom. The molecule has 3 unspecified atom stereocenters. The van der Waals surface area contributed by atoms with Crippen LogP contribution >= 0.6 is 0 Å². The van der Waals surface area contributed by atoms with Crippen LogP contribution in [0.15, 0.2) is 24.3 Å². The van der Waals surface area contributed by atoms with Gasteiger partial charge < -0.3 is 5.73 Å². The first-order valence-corrected chi connectivity index (χ1v) is 8.34. The van der Waals surface area contributed by atoms with Gasteiger partial charge in [-0.2, -0.15) is 0 Å². The Hall–Kier alpha value is -0.900. The van der Waals surface area contributed by atoms with Crippen LogP contribution in [0.25, 0.3) is 0 Å². The van der Waals surface area contributed by atoms with Crippen molar-refractivity contribution in [3.8, 4) is 0 Å². The molecule has 1 aliphatic heterocycles. The molecule has 0 radical (unpaired) electrons. The monoisotopic (exact) mass is 287 g/mol. The predicted octanol–water partition coefficient (Wildman–Crippen LogP) is 2.20. The third kappa shape index (κ3) is 2.41. The number of aryl methyl sites for hydroxylation is 1. The molecular formula is C18H29N3. The molecule has 0 amide bonds. The predicted molar refractivity (Wildman–Crippen MR) is 88.4 cm³/mol. The lowest BCUT2D eigenvalue weighted by Gasteiger charge is -2.53. The largest absolute Gasteiger partial charge is 0.328 e. The summed E-state index contributed by atoms with van der Waals surface area (Å²) in [5.74, 6) is 0. The van der Waals surface area contributed by atoms with Crippen molar-refractivity contribution in [3.05, 3.63) is 35.4 Å². The summed E-state index contributed by atoms with van der Waals surface area (Å²) in [6.45, 7) is 7.63. The van der Waals surface area contributed by atoms with Crippen molar-refractivity contribution >= 4 is 0 Å². The summed E-state index contributed by atoms with van der Waals surface area (Å²) in [7, 11) is 2.25. The van der Waals surface area contributed by atoms with Gasteiger partial charge in [-0.3, -0.25) is 9.80 Å². The van der Waals surface area contributed by atoms with E-state index in [0.717, 1.165) is 19.6 Å². The molecule has 3 heteroatoms. The Morgan fingerprint density at radius 2 is 1.86 bits per heavy atom. The molecule has 1 aliphatic carbocycles. The fraction of sp³-hybridized carbons (Fsp3) is 0.667. The minimum atomic E-state index is 0.0542. The third-order valence-corrected chi connectivity index (χ3v) is 5.86. The van der Waals surface area contributed by atoms with E-state index in [1.165, 1.54) is 30.4 Å². The van der Waals surface area contributed by atoms with E-state index < -0.39 is 0 Å². The molecule has 3 atom stereocenters. The number of likely N-dealkylation sites (N-methyl/N-ethyl adjacent to an activating group) is 1. The van der Waals surface area contributed by atoms with Crippen molar-refractivity contribution in [3.63, 3.8) is 0 Å². The van der Waals surface area contributed by atoms with Crippen molar-refractivity contribution in [1.29, 1.82) is 0 Å². The van der Waals surface area contributed by atoms with Gasteiger partial charge in [0.2, 0.25) is 0 Å². The van der Waals surface area contributed by atoms with Crippen LogP contribution in [0.2, 0.25) is 0 Å². The second kappa shape index (κ2) is 5.71. The molecule has 2 N–H and O–H groups in total. The van der Waals surface area contributed by atoms with E-state index in [1.54, 1.807) is 0 Å². The summed E-state index contributed by atoms with van der Waals surface area (Å²) in [5.41, 5.74) is 9.40. The summed E-state index contributed by atoms with van der Waals surface area (Å²) in [5, 5.41) is 0. The zero-order valence-corrected chi connectivity index (χ0v) is 13.7. The highest BCUT2D eigenvalue weighted by molar-refractivity contribution is 5.37. The Kier molecular flexibility index (Phi) is 4.08. The van der Waals surface area contributed by atoms with Gasteiger partial charge >= 0.3 is 0 Å². The van der Waals surface area contributed by atoms with Crippen LogP contribution in [-0.2, 0) is 12.0 Å². The van der Waals surface area contributed by atoms with E-state index in [-0.39, 0.29) is 5.54 Å². The number of hydrogen-bond acceptors (Lipinski definition) is 3. The Labute approximate surface area is 129 Å². The second-order valence-corrected chi connectivity index (χ2v) is 7.01. The zero-order valence-electron chi connectivity index (χ0n) is 13.7. The van der Waals surface area contributed by atoms with Gasteiger partial charge in [-0.15, -0.1) is 0 Å². The highest BCUT2D eigenvalue weighted by Crippen LogP contribution is 2.41. The van der Waals surface area contributed by atoms with Crippen molar-refractivity contribution in [1.82, 2.24) is 9.80 Å². The molecule has 0 bridgehead atoms. The first-order valence-electron chi connectivity index (χ1n) is 8.34. The number of rotatable bonds is 2. The normalized spacial score (nSPS) is 34.7. The van der Waals surface area contributed by atoms with Crippen LogP contribution in [0, 0.1) is 0 Å². The van der Waals surface area contributed by atoms with E-state index in [1.807, 2.05) is 0 Å². The van der Waals surface area contributed by atoms with Gasteiger partial charge in [-0.25, -0.2) is 0 Å². The molecule has 1 heterocycles. The quantitative estimate of drug-likeness (QED) is 0.905. The molecule has 3 nitrogen and oxygen atoms in total. The van der Waals surface area contributed by atoms with Gasteiger partial charge in [0.15, 0.2) is 0 Å². The molecule has 116 valence electrons. The van der Waals surface area contributed by atoms with Crippen LogP contribution in [0.3, 0.4) is 0 Å². The summed E-state index contributed by atoms with van der Waals surface area (Å²) in [6.07, 6.45) is 3.66. The maximum atomic E-state index is 6.35. The molecule has 2 aliphatic rings. The molecule has 1 saturated heterocycles. The fourth-order valence-corrected chi connectivity index (χ4v) is 4.32. The van der Waals surface area contributed by atoms with Crippen LogP contribution < -0.4 is 5.73 Å². The number of hydrogen-bond donors (Lipinski definition) is 1. The number of piperazine rings is 1. The van der Waals surface area contributed by atoms with Crippen LogP contribution in [0.4, 0.5) is 0 Å². The SMILES string of the molecule is CC1CN(C2(CN)CCCc3ccccc32)CC(C)N1C. The zero-order chi connectivity index (χ0) is 15.0. The first-order chi connectivity index (χ1) is 10.1. The number of nitrogens with two attached hydrogens (primary N) is 1. The number of fused-ring (bicyclic) bond motifs is 1. The summed E-state index contributed by atoms with van der Waals surface area (Å²) in [6, 6.07) is 10.1. The Morgan fingerprint density at radius 1 is 1.19 bits per heavy atom. The van der Waals surface area contributed by atoms with Crippen LogP contribution in [0.1, 0.15) is 37.8 Å².